The van der Waals surface area contributed by atoms with Crippen LogP contribution >= 0.6 is 0 Å². The number of nitrogens with two attached hydrogens (primary N) is 2. The molecule has 0 aliphatic carbocycles. The number of amides is 1. The Morgan fingerprint density at radius 1 is 1.14 bits per heavy atom. The van der Waals surface area contributed by atoms with Gasteiger partial charge in [-0.05, 0) is 19.4 Å². The highest BCUT2D eigenvalue weighted by Crippen LogP contribution is 2.35. The molecule has 2 aromatic rings. The van der Waals surface area contributed by atoms with Crippen molar-refractivity contribution in [3.63, 3.8) is 0 Å². The fourth-order valence-electron chi connectivity index (χ4n) is 3.48. The number of hydrogen-bond acceptors (Lipinski definition) is 9. The third-order valence-corrected chi connectivity index (χ3v) is 4.95. The first-order valence-electron chi connectivity index (χ1n) is 9.49. The lowest BCUT2D eigenvalue weighted by atomic mass is 10.1. The molecular weight excluding hydrogens is 360 g/mol. The van der Waals surface area contributed by atoms with Crippen LogP contribution in [0.25, 0.3) is 11.3 Å². The number of rotatable bonds is 5. The van der Waals surface area contributed by atoms with Crippen molar-refractivity contribution in [2.24, 2.45) is 5.73 Å². The van der Waals surface area contributed by atoms with Gasteiger partial charge in [0.05, 0.1) is 18.9 Å². The lowest BCUT2D eigenvalue weighted by Crippen LogP contribution is -2.38. The van der Waals surface area contributed by atoms with E-state index in [1.165, 1.54) is 0 Å². The summed E-state index contributed by atoms with van der Waals surface area (Å²) in [5.74, 6) is 1.51. The maximum Gasteiger partial charge on any atom is 0.228 e. The summed E-state index contributed by atoms with van der Waals surface area (Å²) in [5.41, 5.74) is 13.6. The number of nitrogen functional groups attached to an aromatic ring is 1. The predicted octanol–water partition coefficient (Wildman–Crippen LogP) is -0.0196. The highest BCUT2D eigenvalue weighted by Gasteiger charge is 2.31. The number of morpholine rings is 1. The largest absolute Gasteiger partial charge is 0.378 e. The standard InChI is InChI=1S/C18H24N8O2/c19-4-1-2-14(27)26-5-3-13-15(12-10-21-17(20)22-11-12)23-18(24-16(13)26)25-6-8-28-9-7-25/h10-11H,1-9,19H2,(H2,20,21,22). The van der Waals surface area contributed by atoms with E-state index in [4.69, 9.17) is 26.2 Å². The van der Waals surface area contributed by atoms with Gasteiger partial charge in [-0.3, -0.25) is 9.69 Å². The van der Waals surface area contributed by atoms with Crippen LogP contribution in [-0.4, -0.2) is 65.2 Å². The molecule has 1 fully saturated rings. The summed E-state index contributed by atoms with van der Waals surface area (Å²) in [6.45, 7) is 3.74. The molecule has 0 bridgehead atoms. The minimum atomic E-state index is 0.0373. The Morgan fingerprint density at radius 3 is 2.61 bits per heavy atom. The van der Waals surface area contributed by atoms with Crippen LogP contribution in [0, 0.1) is 0 Å². The lowest BCUT2D eigenvalue weighted by molar-refractivity contribution is -0.118. The van der Waals surface area contributed by atoms with Crippen molar-refractivity contribution in [2.75, 3.05) is 54.9 Å². The number of hydrogen-bond donors (Lipinski definition) is 2. The van der Waals surface area contributed by atoms with E-state index < -0.39 is 0 Å². The quantitative estimate of drug-likeness (QED) is 0.728. The molecule has 4 rings (SSSR count). The predicted molar refractivity (Wildman–Crippen MR) is 105 cm³/mol. The van der Waals surface area contributed by atoms with Gasteiger partial charge in [-0.1, -0.05) is 0 Å². The Balaban J connectivity index is 1.76. The maximum absolute atomic E-state index is 12.7. The Hall–Kier alpha value is -2.85. The molecule has 10 heteroatoms. The van der Waals surface area contributed by atoms with Gasteiger partial charge in [0, 0.05) is 49.6 Å². The summed E-state index contributed by atoms with van der Waals surface area (Å²) in [6, 6.07) is 0. The van der Waals surface area contributed by atoms with Crippen LogP contribution in [0.5, 0.6) is 0 Å². The van der Waals surface area contributed by atoms with Crippen molar-refractivity contribution in [3.8, 4) is 11.3 Å². The zero-order valence-electron chi connectivity index (χ0n) is 15.7. The van der Waals surface area contributed by atoms with Crippen LogP contribution < -0.4 is 21.3 Å². The third-order valence-electron chi connectivity index (χ3n) is 4.95. The second kappa shape index (κ2) is 8.03. The van der Waals surface area contributed by atoms with Crippen molar-refractivity contribution in [3.05, 3.63) is 18.0 Å². The number of carbonyl (C=O) groups is 1. The van der Waals surface area contributed by atoms with Crippen LogP contribution in [0.2, 0.25) is 0 Å². The average Bonchev–Trinajstić information content (AvgIpc) is 3.17. The number of fused-ring (bicyclic) bond motifs is 1. The molecule has 0 saturated carbocycles. The van der Waals surface area contributed by atoms with E-state index in [1.54, 1.807) is 17.3 Å². The van der Waals surface area contributed by atoms with Crippen LogP contribution in [0.3, 0.4) is 0 Å². The molecular formula is C18H24N8O2. The van der Waals surface area contributed by atoms with Gasteiger partial charge < -0.3 is 21.1 Å². The van der Waals surface area contributed by atoms with Gasteiger partial charge in [-0.2, -0.15) is 4.98 Å². The molecule has 4 N–H and O–H groups in total. The first kappa shape index (κ1) is 18.5. The smallest absolute Gasteiger partial charge is 0.228 e. The maximum atomic E-state index is 12.7. The van der Waals surface area contributed by atoms with Crippen LogP contribution in [0.4, 0.5) is 17.7 Å². The average molecular weight is 384 g/mol. The van der Waals surface area contributed by atoms with Crippen molar-refractivity contribution < 1.29 is 9.53 Å². The van der Waals surface area contributed by atoms with E-state index >= 15 is 0 Å². The summed E-state index contributed by atoms with van der Waals surface area (Å²) in [6.07, 6.45) is 5.07. The number of ether oxygens (including phenoxy) is 1. The van der Waals surface area contributed by atoms with Crippen LogP contribution in [0.1, 0.15) is 18.4 Å². The number of aromatic nitrogens is 4. The topological polar surface area (TPSA) is 136 Å². The molecule has 0 spiro atoms. The van der Waals surface area contributed by atoms with E-state index in [2.05, 4.69) is 14.9 Å². The van der Waals surface area contributed by atoms with Crippen molar-refractivity contribution in [1.29, 1.82) is 0 Å². The molecule has 0 unspecified atom stereocenters. The lowest BCUT2D eigenvalue weighted by Gasteiger charge is -2.28. The van der Waals surface area contributed by atoms with Gasteiger partial charge in [-0.25, -0.2) is 15.0 Å². The molecule has 148 valence electrons. The number of nitrogens with zero attached hydrogens (tertiary/aromatic N) is 6. The number of anilines is 3. The minimum Gasteiger partial charge on any atom is -0.378 e. The highest BCUT2D eigenvalue weighted by molar-refractivity contribution is 5.95. The third kappa shape index (κ3) is 3.60. The van der Waals surface area contributed by atoms with Crippen molar-refractivity contribution in [2.45, 2.75) is 19.3 Å². The summed E-state index contributed by atoms with van der Waals surface area (Å²) >= 11 is 0. The minimum absolute atomic E-state index is 0.0373. The Morgan fingerprint density at radius 2 is 1.89 bits per heavy atom. The molecule has 1 amide bonds. The molecule has 0 atom stereocenters. The SMILES string of the molecule is NCCCC(=O)N1CCc2c(-c3cnc(N)nc3)nc(N3CCOCC3)nc21. The van der Waals surface area contributed by atoms with E-state index in [1.807, 2.05) is 0 Å². The molecule has 0 radical (unpaired) electrons. The van der Waals surface area contributed by atoms with Gasteiger partial charge >= 0.3 is 0 Å². The molecule has 2 aliphatic heterocycles. The van der Waals surface area contributed by atoms with E-state index in [9.17, 15) is 4.79 Å². The molecule has 2 aromatic heterocycles. The highest BCUT2D eigenvalue weighted by atomic mass is 16.5. The van der Waals surface area contributed by atoms with Gasteiger partial charge in [0.15, 0.2) is 0 Å². The Bertz CT molecular complexity index is 851. The zero-order valence-corrected chi connectivity index (χ0v) is 15.7. The summed E-state index contributed by atoms with van der Waals surface area (Å²) < 4.78 is 5.44. The number of carbonyl (C=O) groups excluding carboxylic acids is 1. The summed E-state index contributed by atoms with van der Waals surface area (Å²) in [7, 11) is 0. The normalized spacial score (nSPS) is 16.3. The van der Waals surface area contributed by atoms with Gasteiger partial charge in [0.1, 0.15) is 5.82 Å². The van der Waals surface area contributed by atoms with Gasteiger partial charge in [0.25, 0.3) is 0 Å². The molecule has 4 heterocycles. The molecule has 28 heavy (non-hydrogen) atoms. The molecule has 2 aliphatic rings. The second-order valence-electron chi connectivity index (χ2n) is 6.79. The Kier molecular flexibility index (Phi) is 5.31. The summed E-state index contributed by atoms with van der Waals surface area (Å²) in [4.78, 5) is 34.3. The van der Waals surface area contributed by atoms with Crippen molar-refractivity contribution in [1.82, 2.24) is 19.9 Å². The van der Waals surface area contributed by atoms with Crippen LogP contribution in [0.15, 0.2) is 12.4 Å². The Labute approximate surface area is 162 Å². The summed E-state index contributed by atoms with van der Waals surface area (Å²) in [5, 5.41) is 0. The van der Waals surface area contributed by atoms with Crippen LogP contribution in [-0.2, 0) is 16.0 Å². The van der Waals surface area contributed by atoms with Gasteiger partial charge in [-0.15, -0.1) is 0 Å². The molecule has 1 saturated heterocycles. The van der Waals surface area contributed by atoms with Gasteiger partial charge in [0.2, 0.25) is 17.8 Å². The van der Waals surface area contributed by atoms with E-state index in [-0.39, 0.29) is 11.9 Å². The molecule has 10 nitrogen and oxygen atoms in total. The fraction of sp³-hybridized carbons (Fsp3) is 0.500. The fourth-order valence-corrected chi connectivity index (χ4v) is 3.48. The van der Waals surface area contributed by atoms with E-state index in [0.717, 1.165) is 16.8 Å². The molecule has 0 aromatic carbocycles. The zero-order chi connectivity index (χ0) is 19.5. The second-order valence-corrected chi connectivity index (χ2v) is 6.79. The first-order valence-corrected chi connectivity index (χ1v) is 9.49. The first-order chi connectivity index (χ1) is 13.7. The van der Waals surface area contributed by atoms with Crippen molar-refractivity contribution >= 4 is 23.6 Å². The monoisotopic (exact) mass is 384 g/mol. The van der Waals surface area contributed by atoms with E-state index in [0.29, 0.717) is 70.4 Å².